The zero-order chi connectivity index (χ0) is 12.3. The molecular weight excluding hydrogens is 238 g/mol. The Balaban J connectivity index is 1.80. The van der Waals surface area contributed by atoms with Gasteiger partial charge in [-0.3, -0.25) is 4.68 Å². The number of nitrogens with one attached hydrogen (secondary N) is 1. The number of hydrogen-bond donors (Lipinski definition) is 1. The van der Waals surface area contributed by atoms with Gasteiger partial charge < -0.3 is 9.73 Å². The van der Waals surface area contributed by atoms with Gasteiger partial charge in [0.1, 0.15) is 5.76 Å². The van der Waals surface area contributed by atoms with E-state index in [9.17, 15) is 0 Å². The normalized spacial score (nSPS) is 11.0. The molecule has 2 aromatic heterocycles. The third kappa shape index (κ3) is 2.90. The molecule has 17 heavy (non-hydrogen) atoms. The topological polar surface area (TPSA) is 43.0 Å². The van der Waals surface area contributed by atoms with Gasteiger partial charge >= 0.3 is 0 Å². The summed E-state index contributed by atoms with van der Waals surface area (Å²) >= 11 is 6.07. The molecule has 4 nitrogen and oxygen atoms in total. The van der Waals surface area contributed by atoms with Crippen molar-refractivity contribution in [2.45, 2.75) is 26.9 Å². The number of halogens is 1. The van der Waals surface area contributed by atoms with E-state index in [4.69, 9.17) is 16.0 Å². The molecule has 92 valence electrons. The molecule has 2 rings (SSSR count). The van der Waals surface area contributed by atoms with Crippen molar-refractivity contribution < 1.29 is 4.42 Å². The van der Waals surface area contributed by atoms with Crippen LogP contribution in [0.5, 0.6) is 0 Å². The summed E-state index contributed by atoms with van der Waals surface area (Å²) in [6, 6.07) is 3.84. The van der Waals surface area contributed by atoms with E-state index in [-0.39, 0.29) is 0 Å². The zero-order valence-electron chi connectivity index (χ0n) is 10.0. The molecular formula is C12H16ClN3O. The van der Waals surface area contributed by atoms with Crippen molar-refractivity contribution in [1.29, 1.82) is 0 Å². The van der Waals surface area contributed by atoms with Gasteiger partial charge in [0.05, 0.1) is 35.8 Å². The highest BCUT2D eigenvalue weighted by molar-refractivity contribution is 6.31. The Morgan fingerprint density at radius 1 is 1.47 bits per heavy atom. The molecule has 0 spiro atoms. The van der Waals surface area contributed by atoms with Gasteiger partial charge in [-0.2, -0.15) is 5.10 Å². The van der Waals surface area contributed by atoms with Crippen LogP contribution in [-0.2, 0) is 13.1 Å². The van der Waals surface area contributed by atoms with Crippen LogP contribution >= 0.6 is 11.6 Å². The molecule has 1 N–H and O–H groups in total. The first kappa shape index (κ1) is 12.2. The molecule has 0 amide bonds. The van der Waals surface area contributed by atoms with Crippen molar-refractivity contribution in [3.8, 4) is 0 Å². The van der Waals surface area contributed by atoms with Crippen LogP contribution in [-0.4, -0.2) is 16.3 Å². The minimum atomic E-state index is 0.736. The lowest BCUT2D eigenvalue weighted by Crippen LogP contribution is -2.20. The van der Waals surface area contributed by atoms with E-state index in [1.807, 2.05) is 30.7 Å². The van der Waals surface area contributed by atoms with Crippen LogP contribution in [0.25, 0.3) is 0 Å². The summed E-state index contributed by atoms with van der Waals surface area (Å²) < 4.78 is 7.15. The summed E-state index contributed by atoms with van der Waals surface area (Å²) in [7, 11) is 0. The van der Waals surface area contributed by atoms with Crippen molar-refractivity contribution in [3.05, 3.63) is 40.6 Å². The molecule has 0 radical (unpaired) electrons. The fraction of sp³-hybridized carbons (Fsp3) is 0.417. The summed E-state index contributed by atoms with van der Waals surface area (Å²) in [5.74, 6) is 0.941. The molecule has 0 unspecified atom stereocenters. The molecule has 0 aliphatic carbocycles. The SMILES string of the molecule is Cc1nn(CCNCc2ccco2)c(C)c1Cl. The molecule has 0 atom stereocenters. The quantitative estimate of drug-likeness (QED) is 0.833. The van der Waals surface area contributed by atoms with E-state index in [0.29, 0.717) is 0 Å². The molecule has 0 aliphatic heterocycles. The fourth-order valence-electron chi connectivity index (χ4n) is 1.70. The van der Waals surface area contributed by atoms with E-state index in [0.717, 1.165) is 41.8 Å². The van der Waals surface area contributed by atoms with E-state index >= 15 is 0 Å². The number of aromatic nitrogens is 2. The van der Waals surface area contributed by atoms with Gasteiger partial charge in [-0.05, 0) is 26.0 Å². The molecule has 2 aromatic rings. The van der Waals surface area contributed by atoms with Gasteiger partial charge in [0.2, 0.25) is 0 Å². The highest BCUT2D eigenvalue weighted by Crippen LogP contribution is 2.18. The van der Waals surface area contributed by atoms with Crippen LogP contribution in [0, 0.1) is 13.8 Å². The van der Waals surface area contributed by atoms with Crippen molar-refractivity contribution in [3.63, 3.8) is 0 Å². The molecule has 0 saturated carbocycles. The van der Waals surface area contributed by atoms with Crippen LogP contribution in [0.4, 0.5) is 0 Å². The van der Waals surface area contributed by atoms with Crippen molar-refractivity contribution in [2.24, 2.45) is 0 Å². The second kappa shape index (κ2) is 5.38. The molecule has 0 aliphatic rings. The summed E-state index contributed by atoms with van der Waals surface area (Å²) in [6.07, 6.45) is 1.68. The van der Waals surface area contributed by atoms with Gasteiger partial charge in [0.25, 0.3) is 0 Å². The van der Waals surface area contributed by atoms with Crippen molar-refractivity contribution in [1.82, 2.24) is 15.1 Å². The summed E-state index contributed by atoms with van der Waals surface area (Å²) in [5, 5.41) is 8.42. The molecule has 5 heteroatoms. The first-order valence-corrected chi connectivity index (χ1v) is 5.99. The highest BCUT2D eigenvalue weighted by Gasteiger charge is 2.08. The number of rotatable bonds is 5. The summed E-state index contributed by atoms with van der Waals surface area (Å²) in [6.45, 7) is 6.27. The second-order valence-corrected chi connectivity index (χ2v) is 4.34. The van der Waals surface area contributed by atoms with Crippen LogP contribution in [0.15, 0.2) is 22.8 Å². The minimum Gasteiger partial charge on any atom is -0.468 e. The van der Waals surface area contributed by atoms with Gasteiger partial charge in [0, 0.05) is 6.54 Å². The minimum absolute atomic E-state index is 0.736. The van der Waals surface area contributed by atoms with Gasteiger partial charge in [0.15, 0.2) is 0 Å². The fourth-order valence-corrected chi connectivity index (χ4v) is 1.84. The Hall–Kier alpha value is -1.26. The van der Waals surface area contributed by atoms with Crippen LogP contribution in [0.1, 0.15) is 17.1 Å². The lowest BCUT2D eigenvalue weighted by atomic mass is 10.4. The highest BCUT2D eigenvalue weighted by atomic mass is 35.5. The molecule has 0 bridgehead atoms. The number of aryl methyl sites for hydroxylation is 1. The van der Waals surface area contributed by atoms with Crippen molar-refractivity contribution in [2.75, 3.05) is 6.54 Å². The summed E-state index contributed by atoms with van der Waals surface area (Å²) in [5.41, 5.74) is 1.90. The lowest BCUT2D eigenvalue weighted by molar-refractivity contribution is 0.468. The van der Waals surface area contributed by atoms with E-state index in [1.165, 1.54) is 0 Å². The number of hydrogen-bond acceptors (Lipinski definition) is 3. The monoisotopic (exact) mass is 253 g/mol. The van der Waals surface area contributed by atoms with E-state index in [1.54, 1.807) is 6.26 Å². The average Bonchev–Trinajstić information content (AvgIpc) is 2.90. The Morgan fingerprint density at radius 3 is 2.88 bits per heavy atom. The molecule has 0 saturated heterocycles. The average molecular weight is 254 g/mol. The van der Waals surface area contributed by atoms with Crippen LogP contribution in [0.3, 0.4) is 0 Å². The van der Waals surface area contributed by atoms with Gasteiger partial charge in [-0.15, -0.1) is 0 Å². The first-order valence-electron chi connectivity index (χ1n) is 5.61. The maximum atomic E-state index is 6.07. The third-order valence-electron chi connectivity index (χ3n) is 2.67. The maximum Gasteiger partial charge on any atom is 0.117 e. The Kier molecular flexibility index (Phi) is 3.86. The summed E-state index contributed by atoms with van der Waals surface area (Å²) in [4.78, 5) is 0. The molecule has 2 heterocycles. The zero-order valence-corrected chi connectivity index (χ0v) is 10.8. The smallest absolute Gasteiger partial charge is 0.117 e. The van der Waals surface area contributed by atoms with E-state index in [2.05, 4.69) is 10.4 Å². The molecule has 0 aromatic carbocycles. The number of furan rings is 1. The Labute approximate surface area is 106 Å². The largest absolute Gasteiger partial charge is 0.468 e. The van der Waals surface area contributed by atoms with Gasteiger partial charge in [-0.1, -0.05) is 11.6 Å². The second-order valence-electron chi connectivity index (χ2n) is 3.96. The van der Waals surface area contributed by atoms with E-state index < -0.39 is 0 Å². The number of nitrogens with zero attached hydrogens (tertiary/aromatic N) is 2. The Morgan fingerprint density at radius 2 is 2.29 bits per heavy atom. The van der Waals surface area contributed by atoms with Crippen molar-refractivity contribution >= 4 is 11.6 Å². The first-order chi connectivity index (χ1) is 8.18. The maximum absolute atomic E-state index is 6.07. The van der Waals surface area contributed by atoms with Crippen LogP contribution < -0.4 is 5.32 Å². The Bertz CT molecular complexity index is 476. The standard InChI is InChI=1S/C12H16ClN3O/c1-9-12(13)10(2)16(15-9)6-5-14-8-11-4-3-7-17-11/h3-4,7,14H,5-6,8H2,1-2H3. The third-order valence-corrected chi connectivity index (χ3v) is 3.22. The van der Waals surface area contributed by atoms with Gasteiger partial charge in [-0.25, -0.2) is 0 Å². The predicted octanol–water partition coefficient (Wildman–Crippen LogP) is 2.54. The lowest BCUT2D eigenvalue weighted by Gasteiger charge is -2.05. The molecule has 0 fully saturated rings. The van der Waals surface area contributed by atoms with Crippen LogP contribution in [0.2, 0.25) is 5.02 Å². The predicted molar refractivity (Wildman–Crippen MR) is 67.1 cm³/mol.